The van der Waals surface area contributed by atoms with Crippen molar-refractivity contribution in [2.24, 2.45) is 0 Å². The van der Waals surface area contributed by atoms with E-state index in [-0.39, 0.29) is 18.2 Å². The molecular weight excluding hydrogens is 234 g/mol. The standard InChI is InChI=1S/C14H20ClNO/c1-10(11-5-4-6-12(15)9-11)16-13-7-2-3-8-14(13)17/h4-6,9-10,13-14,16-17H,2-3,7-8H2,1H3/t10-,13-,14-/m1/s1. The van der Waals surface area contributed by atoms with Gasteiger partial charge < -0.3 is 10.4 Å². The molecule has 0 radical (unpaired) electrons. The number of hydrogen-bond donors (Lipinski definition) is 2. The van der Waals surface area contributed by atoms with E-state index in [1.807, 2.05) is 18.2 Å². The molecule has 1 aliphatic rings. The summed E-state index contributed by atoms with van der Waals surface area (Å²) >= 11 is 5.98. The summed E-state index contributed by atoms with van der Waals surface area (Å²) in [5, 5.41) is 14.2. The first-order chi connectivity index (χ1) is 8.16. The molecule has 1 saturated carbocycles. The summed E-state index contributed by atoms with van der Waals surface area (Å²) in [4.78, 5) is 0. The number of hydrogen-bond acceptors (Lipinski definition) is 2. The fourth-order valence-corrected chi connectivity index (χ4v) is 2.70. The highest BCUT2D eigenvalue weighted by Crippen LogP contribution is 2.23. The SMILES string of the molecule is C[C@@H](N[C@@H]1CCCC[C@H]1O)c1cccc(Cl)c1. The van der Waals surface area contributed by atoms with Crippen molar-refractivity contribution in [1.82, 2.24) is 5.32 Å². The van der Waals surface area contributed by atoms with Gasteiger partial charge in [-0.1, -0.05) is 36.6 Å². The van der Waals surface area contributed by atoms with E-state index in [9.17, 15) is 5.11 Å². The molecule has 94 valence electrons. The zero-order chi connectivity index (χ0) is 12.3. The summed E-state index contributed by atoms with van der Waals surface area (Å²) in [6.45, 7) is 2.12. The van der Waals surface area contributed by atoms with Crippen LogP contribution in [0.15, 0.2) is 24.3 Å². The van der Waals surface area contributed by atoms with Crippen LogP contribution >= 0.6 is 11.6 Å². The van der Waals surface area contributed by atoms with E-state index in [1.54, 1.807) is 0 Å². The van der Waals surface area contributed by atoms with Crippen molar-refractivity contribution >= 4 is 11.6 Å². The maximum Gasteiger partial charge on any atom is 0.0693 e. The molecule has 3 heteroatoms. The molecule has 0 amide bonds. The second kappa shape index (κ2) is 5.85. The molecule has 0 unspecified atom stereocenters. The van der Waals surface area contributed by atoms with Gasteiger partial charge >= 0.3 is 0 Å². The molecule has 1 fully saturated rings. The van der Waals surface area contributed by atoms with E-state index < -0.39 is 0 Å². The van der Waals surface area contributed by atoms with E-state index in [0.717, 1.165) is 24.3 Å². The van der Waals surface area contributed by atoms with Gasteiger partial charge in [-0.3, -0.25) is 0 Å². The first-order valence-corrected chi connectivity index (χ1v) is 6.74. The number of aliphatic hydroxyl groups excluding tert-OH is 1. The van der Waals surface area contributed by atoms with Crippen LogP contribution in [0.3, 0.4) is 0 Å². The van der Waals surface area contributed by atoms with Gasteiger partial charge in [0.05, 0.1) is 6.10 Å². The molecule has 0 aromatic heterocycles. The van der Waals surface area contributed by atoms with E-state index in [2.05, 4.69) is 18.3 Å². The first-order valence-electron chi connectivity index (χ1n) is 6.36. The largest absolute Gasteiger partial charge is 0.392 e. The predicted molar refractivity (Wildman–Crippen MR) is 71.3 cm³/mol. The minimum absolute atomic E-state index is 0.203. The van der Waals surface area contributed by atoms with Crippen LogP contribution < -0.4 is 5.32 Å². The Morgan fingerprint density at radius 2 is 2.12 bits per heavy atom. The Bertz CT molecular complexity index is 369. The molecule has 0 aliphatic heterocycles. The minimum Gasteiger partial charge on any atom is -0.392 e. The Kier molecular flexibility index (Phi) is 4.43. The number of benzene rings is 1. The maximum absolute atomic E-state index is 9.93. The molecule has 1 aliphatic carbocycles. The molecule has 17 heavy (non-hydrogen) atoms. The lowest BCUT2D eigenvalue weighted by Gasteiger charge is -2.31. The molecular formula is C14H20ClNO. The molecule has 2 N–H and O–H groups in total. The molecule has 3 atom stereocenters. The lowest BCUT2D eigenvalue weighted by molar-refractivity contribution is 0.0860. The number of rotatable bonds is 3. The first kappa shape index (κ1) is 12.9. The van der Waals surface area contributed by atoms with Gasteiger partial charge in [-0.25, -0.2) is 0 Å². The Morgan fingerprint density at radius 1 is 1.35 bits per heavy atom. The van der Waals surface area contributed by atoms with Crippen LogP contribution in [-0.4, -0.2) is 17.3 Å². The quantitative estimate of drug-likeness (QED) is 0.867. The monoisotopic (exact) mass is 253 g/mol. The van der Waals surface area contributed by atoms with Crippen LogP contribution in [0.5, 0.6) is 0 Å². The van der Waals surface area contributed by atoms with Gasteiger partial charge in [0.15, 0.2) is 0 Å². The molecule has 1 aromatic rings. The van der Waals surface area contributed by atoms with Crippen LogP contribution in [-0.2, 0) is 0 Å². The van der Waals surface area contributed by atoms with Gasteiger partial charge in [0.1, 0.15) is 0 Å². The molecule has 2 nitrogen and oxygen atoms in total. The third kappa shape index (κ3) is 3.44. The van der Waals surface area contributed by atoms with Crippen molar-refractivity contribution in [3.8, 4) is 0 Å². The highest BCUT2D eigenvalue weighted by Gasteiger charge is 2.24. The third-order valence-corrected chi connectivity index (χ3v) is 3.78. The zero-order valence-corrected chi connectivity index (χ0v) is 11.0. The van der Waals surface area contributed by atoms with E-state index in [1.165, 1.54) is 12.0 Å². The Labute approximate surface area is 108 Å². The van der Waals surface area contributed by atoms with Crippen LogP contribution in [0.1, 0.15) is 44.2 Å². The summed E-state index contributed by atoms with van der Waals surface area (Å²) in [6.07, 6.45) is 4.12. The smallest absolute Gasteiger partial charge is 0.0693 e. The summed E-state index contributed by atoms with van der Waals surface area (Å²) in [7, 11) is 0. The highest BCUT2D eigenvalue weighted by atomic mass is 35.5. The second-order valence-corrected chi connectivity index (χ2v) is 5.34. The van der Waals surface area contributed by atoms with Crippen molar-refractivity contribution in [2.45, 2.75) is 50.8 Å². The maximum atomic E-state index is 9.93. The highest BCUT2D eigenvalue weighted by molar-refractivity contribution is 6.30. The normalized spacial score (nSPS) is 26.8. The molecule has 0 bridgehead atoms. The fourth-order valence-electron chi connectivity index (χ4n) is 2.50. The molecule has 0 heterocycles. The van der Waals surface area contributed by atoms with Gasteiger partial charge in [0.2, 0.25) is 0 Å². The summed E-state index contributed by atoms with van der Waals surface area (Å²) < 4.78 is 0. The number of halogens is 1. The summed E-state index contributed by atoms with van der Waals surface area (Å²) in [6, 6.07) is 8.34. The Balaban J connectivity index is 1.98. The summed E-state index contributed by atoms with van der Waals surface area (Å²) in [5.74, 6) is 0. The van der Waals surface area contributed by atoms with Crippen molar-refractivity contribution in [3.63, 3.8) is 0 Å². The van der Waals surface area contributed by atoms with E-state index in [0.29, 0.717) is 0 Å². The lowest BCUT2D eigenvalue weighted by atomic mass is 9.91. The topological polar surface area (TPSA) is 32.3 Å². The van der Waals surface area contributed by atoms with E-state index >= 15 is 0 Å². The van der Waals surface area contributed by atoms with E-state index in [4.69, 9.17) is 11.6 Å². The predicted octanol–water partition coefficient (Wildman–Crippen LogP) is 3.29. The van der Waals surface area contributed by atoms with Crippen LogP contribution in [0.25, 0.3) is 0 Å². The van der Waals surface area contributed by atoms with Crippen LogP contribution in [0.4, 0.5) is 0 Å². The zero-order valence-electron chi connectivity index (χ0n) is 10.2. The van der Waals surface area contributed by atoms with Gasteiger partial charge in [-0.05, 0) is 37.5 Å². The van der Waals surface area contributed by atoms with Crippen LogP contribution in [0.2, 0.25) is 5.02 Å². The molecule has 2 rings (SSSR count). The molecule has 0 spiro atoms. The van der Waals surface area contributed by atoms with Crippen LogP contribution in [0, 0.1) is 0 Å². The van der Waals surface area contributed by atoms with Gasteiger partial charge in [-0.2, -0.15) is 0 Å². The fraction of sp³-hybridized carbons (Fsp3) is 0.571. The minimum atomic E-state index is -0.203. The van der Waals surface area contributed by atoms with Gasteiger partial charge in [0, 0.05) is 17.1 Å². The lowest BCUT2D eigenvalue weighted by Crippen LogP contribution is -2.43. The van der Waals surface area contributed by atoms with Gasteiger partial charge in [-0.15, -0.1) is 0 Å². The third-order valence-electron chi connectivity index (χ3n) is 3.54. The average Bonchev–Trinajstić information content (AvgIpc) is 2.32. The van der Waals surface area contributed by atoms with Crippen molar-refractivity contribution in [3.05, 3.63) is 34.9 Å². The van der Waals surface area contributed by atoms with Crippen molar-refractivity contribution in [2.75, 3.05) is 0 Å². The van der Waals surface area contributed by atoms with Gasteiger partial charge in [0.25, 0.3) is 0 Å². The Hall–Kier alpha value is -0.570. The number of nitrogens with one attached hydrogen (secondary N) is 1. The Morgan fingerprint density at radius 3 is 2.82 bits per heavy atom. The molecule has 1 aromatic carbocycles. The molecule has 0 saturated heterocycles. The van der Waals surface area contributed by atoms with Crippen molar-refractivity contribution < 1.29 is 5.11 Å². The average molecular weight is 254 g/mol. The van der Waals surface area contributed by atoms with Crippen molar-refractivity contribution in [1.29, 1.82) is 0 Å². The summed E-state index contributed by atoms with van der Waals surface area (Å²) in [5.41, 5.74) is 1.18. The second-order valence-electron chi connectivity index (χ2n) is 4.90. The number of aliphatic hydroxyl groups is 1.